The first-order valence-corrected chi connectivity index (χ1v) is 11.4. The number of amides is 2. The van der Waals surface area contributed by atoms with Crippen molar-refractivity contribution >= 4 is 17.5 Å². The number of hydrogen-bond acceptors (Lipinski definition) is 8. The van der Waals surface area contributed by atoms with Gasteiger partial charge in [0, 0.05) is 29.0 Å². The second-order valence-corrected chi connectivity index (χ2v) is 8.46. The lowest BCUT2D eigenvalue weighted by Crippen LogP contribution is -2.47. The number of ether oxygens (including phenoxy) is 2. The highest BCUT2D eigenvalue weighted by Crippen LogP contribution is 2.37. The van der Waals surface area contributed by atoms with Gasteiger partial charge >= 0.3 is 6.03 Å². The Morgan fingerprint density at radius 2 is 1.86 bits per heavy atom. The molecule has 0 spiro atoms. The third kappa shape index (κ3) is 5.27. The van der Waals surface area contributed by atoms with Crippen molar-refractivity contribution in [2.75, 3.05) is 14.2 Å². The zero-order chi connectivity index (χ0) is 26.7. The number of urea groups is 1. The van der Waals surface area contributed by atoms with E-state index >= 15 is 0 Å². The summed E-state index contributed by atoms with van der Waals surface area (Å²) in [7, 11) is 3.06. The Bertz CT molecular complexity index is 1380. The topological polar surface area (TPSA) is 142 Å². The molecule has 0 saturated heterocycles. The smallest absolute Gasteiger partial charge is 0.322 e. The SMILES string of the molecule is COc1ccc(OC)c(C2NC(=O)N(Cc3cn(Cc4ccc([N+](=O)[O-])cc4)nn3)C(C)=C2C(C)=O)c1. The number of Topliss-reactive ketones (excluding diaryl/α,β-unsaturated/α-hetero) is 1. The Morgan fingerprint density at radius 1 is 1.14 bits per heavy atom. The van der Waals surface area contributed by atoms with Crippen LogP contribution in [0.25, 0.3) is 0 Å². The van der Waals surface area contributed by atoms with Gasteiger partial charge in [-0.3, -0.25) is 19.8 Å². The summed E-state index contributed by atoms with van der Waals surface area (Å²) in [5, 5.41) is 22.0. The number of carbonyl (C=O) groups excluding carboxylic acids is 2. The van der Waals surface area contributed by atoms with Crippen molar-refractivity contribution in [3.8, 4) is 11.5 Å². The lowest BCUT2D eigenvalue weighted by atomic mass is 9.91. The number of nitrogens with zero attached hydrogens (tertiary/aromatic N) is 5. The van der Waals surface area contributed by atoms with Gasteiger partial charge in [0.25, 0.3) is 5.69 Å². The van der Waals surface area contributed by atoms with Gasteiger partial charge in [0.05, 0.1) is 44.5 Å². The molecule has 0 aliphatic carbocycles. The van der Waals surface area contributed by atoms with Crippen LogP contribution in [0.2, 0.25) is 0 Å². The number of non-ortho nitro benzene ring substituents is 1. The fraction of sp³-hybridized carbons (Fsp3) is 0.280. The molecule has 1 N–H and O–H groups in total. The second kappa shape index (κ2) is 10.5. The maximum absolute atomic E-state index is 13.2. The summed E-state index contributed by atoms with van der Waals surface area (Å²) in [6.45, 7) is 3.62. The van der Waals surface area contributed by atoms with Gasteiger partial charge in [-0.25, -0.2) is 9.48 Å². The van der Waals surface area contributed by atoms with E-state index in [4.69, 9.17) is 9.47 Å². The summed E-state index contributed by atoms with van der Waals surface area (Å²) < 4.78 is 12.4. The van der Waals surface area contributed by atoms with Crippen molar-refractivity contribution < 1.29 is 24.0 Å². The molecule has 2 amide bonds. The minimum Gasteiger partial charge on any atom is -0.497 e. The highest BCUT2D eigenvalue weighted by atomic mass is 16.6. The largest absolute Gasteiger partial charge is 0.497 e. The molecular weight excluding hydrogens is 480 g/mol. The predicted octanol–water partition coefficient (Wildman–Crippen LogP) is 3.38. The van der Waals surface area contributed by atoms with E-state index in [2.05, 4.69) is 15.6 Å². The van der Waals surface area contributed by atoms with Crippen LogP contribution in [0, 0.1) is 10.1 Å². The number of nitro benzene ring substituents is 1. The van der Waals surface area contributed by atoms with Crippen LogP contribution in [-0.2, 0) is 17.9 Å². The Labute approximate surface area is 212 Å². The van der Waals surface area contributed by atoms with Crippen molar-refractivity contribution in [1.29, 1.82) is 0 Å². The lowest BCUT2D eigenvalue weighted by molar-refractivity contribution is -0.384. The van der Waals surface area contributed by atoms with Crippen molar-refractivity contribution in [2.45, 2.75) is 33.0 Å². The van der Waals surface area contributed by atoms with Crippen LogP contribution in [0.3, 0.4) is 0 Å². The minimum atomic E-state index is -0.718. The first-order chi connectivity index (χ1) is 17.7. The Hall–Kier alpha value is -4.74. The molecule has 2 aromatic carbocycles. The van der Waals surface area contributed by atoms with Crippen LogP contribution in [0.5, 0.6) is 11.5 Å². The van der Waals surface area contributed by atoms with Crippen LogP contribution in [0.4, 0.5) is 10.5 Å². The molecule has 0 radical (unpaired) electrons. The monoisotopic (exact) mass is 506 g/mol. The van der Waals surface area contributed by atoms with Crippen molar-refractivity contribution in [2.24, 2.45) is 0 Å². The summed E-state index contributed by atoms with van der Waals surface area (Å²) in [5.74, 6) is 0.886. The number of hydrogen-bond donors (Lipinski definition) is 1. The molecule has 4 rings (SSSR count). The van der Waals surface area contributed by atoms with Gasteiger partial charge in [0.2, 0.25) is 0 Å². The zero-order valence-electron chi connectivity index (χ0n) is 20.8. The van der Waals surface area contributed by atoms with E-state index in [-0.39, 0.29) is 18.0 Å². The molecule has 37 heavy (non-hydrogen) atoms. The quantitative estimate of drug-likeness (QED) is 0.344. The van der Waals surface area contributed by atoms with Crippen molar-refractivity contribution in [1.82, 2.24) is 25.2 Å². The summed E-state index contributed by atoms with van der Waals surface area (Å²) >= 11 is 0. The highest BCUT2D eigenvalue weighted by Gasteiger charge is 2.36. The van der Waals surface area contributed by atoms with Crippen LogP contribution in [0.15, 0.2) is 59.9 Å². The molecule has 0 fully saturated rings. The van der Waals surface area contributed by atoms with E-state index in [9.17, 15) is 19.7 Å². The molecule has 1 atom stereocenters. The van der Waals surface area contributed by atoms with E-state index in [1.807, 2.05) is 0 Å². The molecule has 1 aliphatic heterocycles. The molecule has 3 aromatic rings. The minimum absolute atomic E-state index is 0.00699. The first-order valence-electron chi connectivity index (χ1n) is 11.4. The van der Waals surface area contributed by atoms with E-state index < -0.39 is 17.0 Å². The summed E-state index contributed by atoms with van der Waals surface area (Å²) in [4.78, 5) is 37.8. The standard InChI is InChI=1S/C25H26N6O6/c1-15-23(16(2)32)24(21-11-20(36-3)9-10-22(21)37-4)26-25(33)30(15)14-18-13-29(28-27-18)12-17-5-7-19(8-6-17)31(34)35/h5-11,13,24H,12,14H2,1-4H3,(H,26,33). The van der Waals surface area contributed by atoms with Crippen molar-refractivity contribution in [3.05, 3.63) is 86.9 Å². The van der Waals surface area contributed by atoms with E-state index in [1.165, 1.54) is 38.2 Å². The molecule has 12 heteroatoms. The highest BCUT2D eigenvalue weighted by molar-refractivity contribution is 5.98. The molecule has 1 aromatic heterocycles. The number of benzene rings is 2. The second-order valence-electron chi connectivity index (χ2n) is 8.46. The Kier molecular flexibility index (Phi) is 7.18. The van der Waals surface area contributed by atoms with Gasteiger partial charge in [0.15, 0.2) is 5.78 Å². The van der Waals surface area contributed by atoms with Crippen LogP contribution in [0.1, 0.15) is 36.7 Å². The van der Waals surface area contributed by atoms with Gasteiger partial charge in [-0.05, 0) is 37.6 Å². The van der Waals surface area contributed by atoms with Crippen LogP contribution < -0.4 is 14.8 Å². The third-order valence-corrected chi connectivity index (χ3v) is 6.12. The average molecular weight is 507 g/mol. The molecule has 1 aliphatic rings. The van der Waals surface area contributed by atoms with E-state index in [0.29, 0.717) is 40.6 Å². The normalized spacial score (nSPS) is 15.4. The maximum atomic E-state index is 13.2. The van der Waals surface area contributed by atoms with E-state index in [1.54, 1.807) is 48.1 Å². The summed E-state index contributed by atoms with van der Waals surface area (Å²) in [5.41, 5.74) is 2.85. The lowest BCUT2D eigenvalue weighted by Gasteiger charge is -2.35. The molecule has 0 saturated carbocycles. The maximum Gasteiger partial charge on any atom is 0.322 e. The Morgan fingerprint density at radius 3 is 2.49 bits per heavy atom. The van der Waals surface area contributed by atoms with E-state index in [0.717, 1.165) is 5.56 Å². The van der Waals surface area contributed by atoms with Gasteiger partial charge in [0.1, 0.15) is 17.2 Å². The molecule has 2 heterocycles. The first kappa shape index (κ1) is 25.4. The summed E-state index contributed by atoms with van der Waals surface area (Å²) in [6, 6.07) is 10.2. The average Bonchev–Trinajstić information content (AvgIpc) is 3.32. The molecular formula is C25H26N6O6. The molecule has 1 unspecified atom stereocenters. The van der Waals surface area contributed by atoms with Crippen LogP contribution in [-0.4, -0.2) is 50.9 Å². The number of nitrogens with one attached hydrogen (secondary N) is 1. The Balaban J connectivity index is 1.59. The number of methoxy groups -OCH3 is 2. The number of ketones is 1. The number of allylic oxidation sites excluding steroid dienone is 1. The molecule has 0 bridgehead atoms. The molecule has 192 valence electrons. The van der Waals surface area contributed by atoms with Crippen molar-refractivity contribution in [3.63, 3.8) is 0 Å². The number of aromatic nitrogens is 3. The predicted molar refractivity (Wildman–Crippen MR) is 132 cm³/mol. The van der Waals surface area contributed by atoms with Crippen LogP contribution >= 0.6 is 0 Å². The van der Waals surface area contributed by atoms with Gasteiger partial charge in [-0.2, -0.15) is 0 Å². The zero-order valence-corrected chi connectivity index (χ0v) is 20.8. The number of carbonyl (C=O) groups is 2. The number of nitro groups is 1. The van der Waals surface area contributed by atoms with Gasteiger partial charge in [-0.1, -0.05) is 17.3 Å². The van der Waals surface area contributed by atoms with Gasteiger partial charge < -0.3 is 14.8 Å². The fourth-order valence-corrected chi connectivity index (χ4v) is 4.29. The number of rotatable bonds is 9. The molecule has 12 nitrogen and oxygen atoms in total. The fourth-order valence-electron chi connectivity index (χ4n) is 4.29. The third-order valence-electron chi connectivity index (χ3n) is 6.12. The van der Waals surface area contributed by atoms with Gasteiger partial charge in [-0.15, -0.1) is 5.10 Å². The summed E-state index contributed by atoms with van der Waals surface area (Å²) in [6.07, 6.45) is 1.69.